The molecule has 1 amide bonds. The van der Waals surface area contributed by atoms with Crippen LogP contribution in [0.25, 0.3) is 0 Å². The van der Waals surface area contributed by atoms with E-state index in [9.17, 15) is 4.79 Å². The molecule has 0 spiro atoms. The Bertz CT molecular complexity index is 132. The van der Waals surface area contributed by atoms with Gasteiger partial charge in [0.25, 0.3) is 0 Å². The second-order valence-corrected chi connectivity index (χ2v) is 2.88. The van der Waals surface area contributed by atoms with Gasteiger partial charge in [0.1, 0.15) is 0 Å². The molecule has 10 heavy (non-hydrogen) atoms. The second kappa shape index (κ2) is 3.01. The summed E-state index contributed by atoms with van der Waals surface area (Å²) in [6.07, 6.45) is 2.90. The standard InChI is InChI=1S/C7H14N2O/c1-9-7(10)4-6(8)5-2-3-5/h5-6H,2-4,8H2,1H3,(H,9,10)/t6-/m0/s1. The molecule has 0 unspecified atom stereocenters. The highest BCUT2D eigenvalue weighted by atomic mass is 16.1. The van der Waals surface area contributed by atoms with Crippen LogP contribution in [0.2, 0.25) is 0 Å². The van der Waals surface area contributed by atoms with E-state index in [1.165, 1.54) is 12.8 Å². The highest BCUT2D eigenvalue weighted by Crippen LogP contribution is 2.32. The van der Waals surface area contributed by atoms with Crippen molar-refractivity contribution in [3.8, 4) is 0 Å². The summed E-state index contributed by atoms with van der Waals surface area (Å²) >= 11 is 0. The summed E-state index contributed by atoms with van der Waals surface area (Å²) in [4.78, 5) is 10.8. The Morgan fingerprint density at radius 2 is 2.40 bits per heavy atom. The predicted molar refractivity (Wildman–Crippen MR) is 39.4 cm³/mol. The lowest BCUT2D eigenvalue weighted by Crippen LogP contribution is -2.30. The van der Waals surface area contributed by atoms with Crippen molar-refractivity contribution in [1.82, 2.24) is 5.32 Å². The fourth-order valence-corrected chi connectivity index (χ4v) is 1.01. The van der Waals surface area contributed by atoms with Gasteiger partial charge in [0.2, 0.25) is 5.91 Å². The molecular formula is C7H14N2O. The van der Waals surface area contributed by atoms with Gasteiger partial charge in [0.15, 0.2) is 0 Å². The quantitative estimate of drug-likeness (QED) is 0.576. The van der Waals surface area contributed by atoms with E-state index in [4.69, 9.17) is 5.73 Å². The molecule has 0 radical (unpaired) electrons. The van der Waals surface area contributed by atoms with Crippen LogP contribution in [-0.4, -0.2) is 19.0 Å². The van der Waals surface area contributed by atoms with E-state index in [2.05, 4.69) is 5.32 Å². The highest BCUT2D eigenvalue weighted by molar-refractivity contribution is 5.76. The van der Waals surface area contributed by atoms with Crippen LogP contribution in [0.4, 0.5) is 0 Å². The molecule has 0 aliphatic heterocycles. The Morgan fingerprint density at radius 3 is 2.80 bits per heavy atom. The molecule has 1 atom stereocenters. The zero-order chi connectivity index (χ0) is 7.56. The van der Waals surface area contributed by atoms with Gasteiger partial charge in [-0.25, -0.2) is 0 Å². The maximum atomic E-state index is 10.8. The maximum Gasteiger partial charge on any atom is 0.221 e. The molecule has 1 saturated carbocycles. The van der Waals surface area contributed by atoms with E-state index in [1.807, 2.05) is 0 Å². The first-order valence-electron chi connectivity index (χ1n) is 3.70. The third-order valence-corrected chi connectivity index (χ3v) is 1.93. The van der Waals surface area contributed by atoms with Crippen LogP contribution in [0.5, 0.6) is 0 Å². The lowest BCUT2D eigenvalue weighted by atomic mass is 10.1. The summed E-state index contributed by atoms with van der Waals surface area (Å²) in [6, 6.07) is 0.0972. The number of nitrogens with one attached hydrogen (secondary N) is 1. The molecule has 0 heterocycles. The molecule has 1 fully saturated rings. The minimum atomic E-state index is 0.0550. The predicted octanol–water partition coefficient (Wildman–Crippen LogP) is -0.140. The van der Waals surface area contributed by atoms with Gasteiger partial charge >= 0.3 is 0 Å². The summed E-state index contributed by atoms with van der Waals surface area (Å²) in [5, 5.41) is 2.56. The Kier molecular flexibility index (Phi) is 2.27. The SMILES string of the molecule is CNC(=O)C[C@H](N)C1CC1. The first kappa shape index (κ1) is 7.54. The Balaban J connectivity index is 2.16. The fourth-order valence-electron chi connectivity index (χ4n) is 1.01. The van der Waals surface area contributed by atoms with Gasteiger partial charge < -0.3 is 11.1 Å². The van der Waals surface area contributed by atoms with Gasteiger partial charge in [0.05, 0.1) is 0 Å². The van der Waals surface area contributed by atoms with Crippen LogP contribution in [0, 0.1) is 5.92 Å². The van der Waals surface area contributed by atoms with Crippen molar-refractivity contribution in [2.75, 3.05) is 7.05 Å². The molecule has 58 valence electrons. The van der Waals surface area contributed by atoms with Gasteiger partial charge in [-0.05, 0) is 18.8 Å². The number of rotatable bonds is 3. The Hall–Kier alpha value is -0.570. The van der Waals surface area contributed by atoms with Gasteiger partial charge in [-0.1, -0.05) is 0 Å². The summed E-state index contributed by atoms with van der Waals surface area (Å²) < 4.78 is 0. The van der Waals surface area contributed by atoms with Crippen LogP contribution in [0.1, 0.15) is 19.3 Å². The van der Waals surface area contributed by atoms with Gasteiger partial charge in [-0.2, -0.15) is 0 Å². The Labute approximate surface area is 61.0 Å². The van der Waals surface area contributed by atoms with Crippen molar-refractivity contribution >= 4 is 5.91 Å². The number of amides is 1. The largest absolute Gasteiger partial charge is 0.359 e. The van der Waals surface area contributed by atoms with Crippen LogP contribution >= 0.6 is 0 Å². The smallest absolute Gasteiger partial charge is 0.221 e. The number of nitrogens with two attached hydrogens (primary N) is 1. The lowest BCUT2D eigenvalue weighted by Gasteiger charge is -2.07. The van der Waals surface area contributed by atoms with Crippen LogP contribution in [0.3, 0.4) is 0 Å². The minimum Gasteiger partial charge on any atom is -0.359 e. The molecule has 0 aromatic heterocycles. The van der Waals surface area contributed by atoms with Crippen molar-refractivity contribution in [3.63, 3.8) is 0 Å². The molecule has 1 rings (SSSR count). The molecule has 0 aromatic rings. The summed E-state index contributed by atoms with van der Waals surface area (Å²) in [5.74, 6) is 0.677. The zero-order valence-corrected chi connectivity index (χ0v) is 6.26. The molecule has 3 nitrogen and oxygen atoms in total. The van der Waals surface area contributed by atoms with E-state index in [-0.39, 0.29) is 11.9 Å². The summed E-state index contributed by atoms with van der Waals surface area (Å²) in [7, 11) is 1.64. The van der Waals surface area contributed by atoms with E-state index in [0.717, 1.165) is 0 Å². The first-order valence-corrected chi connectivity index (χ1v) is 3.70. The topological polar surface area (TPSA) is 55.1 Å². The van der Waals surface area contributed by atoms with Crippen molar-refractivity contribution in [1.29, 1.82) is 0 Å². The third kappa shape index (κ3) is 1.99. The second-order valence-electron chi connectivity index (χ2n) is 2.88. The van der Waals surface area contributed by atoms with Crippen LogP contribution in [0.15, 0.2) is 0 Å². The summed E-state index contributed by atoms with van der Waals surface area (Å²) in [5.41, 5.74) is 5.69. The monoisotopic (exact) mass is 142 g/mol. The van der Waals surface area contributed by atoms with Gasteiger partial charge in [-0.15, -0.1) is 0 Å². The molecule has 3 heteroatoms. The minimum absolute atomic E-state index is 0.0550. The van der Waals surface area contributed by atoms with E-state index >= 15 is 0 Å². The third-order valence-electron chi connectivity index (χ3n) is 1.93. The lowest BCUT2D eigenvalue weighted by molar-refractivity contribution is -0.121. The molecule has 1 aliphatic carbocycles. The summed E-state index contributed by atoms with van der Waals surface area (Å²) in [6.45, 7) is 0. The molecular weight excluding hydrogens is 128 g/mol. The first-order chi connectivity index (χ1) is 4.74. The Morgan fingerprint density at radius 1 is 1.80 bits per heavy atom. The van der Waals surface area contributed by atoms with Crippen molar-refractivity contribution in [2.24, 2.45) is 11.7 Å². The maximum absolute atomic E-state index is 10.8. The van der Waals surface area contributed by atoms with E-state index in [0.29, 0.717) is 12.3 Å². The van der Waals surface area contributed by atoms with Crippen LogP contribution < -0.4 is 11.1 Å². The molecule has 1 aliphatic rings. The number of carbonyl (C=O) groups is 1. The van der Waals surface area contributed by atoms with Crippen molar-refractivity contribution in [2.45, 2.75) is 25.3 Å². The zero-order valence-electron chi connectivity index (χ0n) is 6.26. The van der Waals surface area contributed by atoms with E-state index in [1.54, 1.807) is 7.05 Å². The average molecular weight is 142 g/mol. The molecule has 0 saturated heterocycles. The van der Waals surface area contributed by atoms with Gasteiger partial charge in [0, 0.05) is 19.5 Å². The number of hydrogen-bond donors (Lipinski definition) is 2. The van der Waals surface area contributed by atoms with Gasteiger partial charge in [-0.3, -0.25) is 4.79 Å². The van der Waals surface area contributed by atoms with E-state index < -0.39 is 0 Å². The average Bonchev–Trinajstić information content (AvgIpc) is 2.68. The van der Waals surface area contributed by atoms with Crippen molar-refractivity contribution in [3.05, 3.63) is 0 Å². The van der Waals surface area contributed by atoms with Crippen molar-refractivity contribution < 1.29 is 4.79 Å². The normalized spacial score (nSPS) is 20.2. The number of hydrogen-bond acceptors (Lipinski definition) is 2. The van der Waals surface area contributed by atoms with Crippen LogP contribution in [-0.2, 0) is 4.79 Å². The fraction of sp³-hybridized carbons (Fsp3) is 0.857. The number of carbonyl (C=O) groups excluding carboxylic acids is 1. The molecule has 0 bridgehead atoms. The molecule has 3 N–H and O–H groups in total. The molecule has 0 aromatic carbocycles. The highest BCUT2D eigenvalue weighted by Gasteiger charge is 2.29.